The van der Waals surface area contributed by atoms with Crippen molar-refractivity contribution in [3.8, 4) is 0 Å². The van der Waals surface area contributed by atoms with E-state index in [-0.39, 0.29) is 11.9 Å². The second kappa shape index (κ2) is 4.84. The first kappa shape index (κ1) is 10.0. The summed E-state index contributed by atoms with van der Waals surface area (Å²) in [5.74, 6) is 0.491. The van der Waals surface area contributed by atoms with Crippen molar-refractivity contribution in [2.24, 2.45) is 0 Å². The van der Waals surface area contributed by atoms with Crippen molar-refractivity contribution in [1.82, 2.24) is 15.5 Å². The van der Waals surface area contributed by atoms with Crippen molar-refractivity contribution in [1.29, 1.82) is 0 Å². The van der Waals surface area contributed by atoms with Gasteiger partial charge in [0, 0.05) is 6.20 Å². The molecule has 80 valence electrons. The van der Waals surface area contributed by atoms with Crippen LogP contribution < -0.4 is 10.6 Å². The number of piperidine rings is 1. The lowest BCUT2D eigenvalue weighted by Gasteiger charge is -2.22. The molecule has 2 N–H and O–H groups in total. The molecule has 1 aliphatic heterocycles. The maximum atomic E-state index is 11.7. The van der Waals surface area contributed by atoms with Crippen molar-refractivity contribution >= 4 is 11.7 Å². The second-order valence-corrected chi connectivity index (χ2v) is 3.60. The van der Waals surface area contributed by atoms with Crippen LogP contribution in [-0.4, -0.2) is 28.7 Å². The van der Waals surface area contributed by atoms with Gasteiger partial charge < -0.3 is 10.6 Å². The molecule has 1 aliphatic rings. The molecule has 0 radical (unpaired) electrons. The van der Waals surface area contributed by atoms with E-state index in [1.165, 1.54) is 0 Å². The van der Waals surface area contributed by atoms with Crippen LogP contribution >= 0.6 is 0 Å². The van der Waals surface area contributed by atoms with Gasteiger partial charge in [-0.25, -0.2) is 0 Å². The Morgan fingerprint density at radius 3 is 3.13 bits per heavy atom. The molecule has 1 aromatic rings. The van der Waals surface area contributed by atoms with Gasteiger partial charge in [-0.3, -0.25) is 4.79 Å². The minimum atomic E-state index is -0.0826. The molecule has 5 nitrogen and oxygen atoms in total. The summed E-state index contributed by atoms with van der Waals surface area (Å²) in [4.78, 5) is 11.7. The molecule has 0 spiro atoms. The third-order valence-corrected chi connectivity index (χ3v) is 2.45. The van der Waals surface area contributed by atoms with E-state index >= 15 is 0 Å². The van der Waals surface area contributed by atoms with E-state index in [1.807, 2.05) is 0 Å². The monoisotopic (exact) mass is 206 g/mol. The van der Waals surface area contributed by atoms with Crippen molar-refractivity contribution in [3.63, 3.8) is 0 Å². The standard InChI is InChI=1S/C10H14N4O/c15-10(8-4-1-2-6-11-8)13-9-5-3-7-12-14-9/h3,5,7-8,11H,1-2,4,6H2,(H,13,14,15)/t8-/m0/s1. The molecule has 0 saturated carbocycles. The molecule has 15 heavy (non-hydrogen) atoms. The van der Waals surface area contributed by atoms with Crippen LogP contribution in [0.15, 0.2) is 18.3 Å². The average molecular weight is 206 g/mol. The first-order valence-electron chi connectivity index (χ1n) is 5.18. The Morgan fingerprint density at radius 1 is 1.53 bits per heavy atom. The highest BCUT2D eigenvalue weighted by Crippen LogP contribution is 2.09. The molecule has 0 unspecified atom stereocenters. The molecule has 1 amide bonds. The van der Waals surface area contributed by atoms with Crippen molar-refractivity contribution < 1.29 is 4.79 Å². The number of hydrogen-bond donors (Lipinski definition) is 2. The summed E-state index contributed by atoms with van der Waals surface area (Å²) in [7, 11) is 0. The molecular weight excluding hydrogens is 192 g/mol. The minimum Gasteiger partial charge on any atom is -0.308 e. The zero-order chi connectivity index (χ0) is 10.5. The van der Waals surface area contributed by atoms with E-state index in [4.69, 9.17) is 0 Å². The first-order chi connectivity index (χ1) is 7.36. The minimum absolute atomic E-state index is 0.0183. The SMILES string of the molecule is O=C(Nc1cccnn1)[C@@H]1CCCCN1. The Morgan fingerprint density at radius 2 is 2.47 bits per heavy atom. The van der Waals surface area contributed by atoms with Crippen LogP contribution in [0, 0.1) is 0 Å². The van der Waals surface area contributed by atoms with E-state index in [0.717, 1.165) is 25.8 Å². The van der Waals surface area contributed by atoms with E-state index in [2.05, 4.69) is 20.8 Å². The molecule has 1 saturated heterocycles. The summed E-state index contributed by atoms with van der Waals surface area (Å²) < 4.78 is 0. The summed E-state index contributed by atoms with van der Waals surface area (Å²) in [6, 6.07) is 3.39. The molecule has 5 heteroatoms. The lowest BCUT2D eigenvalue weighted by Crippen LogP contribution is -2.43. The van der Waals surface area contributed by atoms with E-state index in [9.17, 15) is 4.79 Å². The number of nitrogens with zero attached hydrogens (tertiary/aromatic N) is 2. The number of aromatic nitrogens is 2. The van der Waals surface area contributed by atoms with Gasteiger partial charge in [-0.1, -0.05) is 6.42 Å². The summed E-state index contributed by atoms with van der Waals surface area (Å²) >= 11 is 0. The van der Waals surface area contributed by atoms with Crippen LogP contribution in [-0.2, 0) is 4.79 Å². The third kappa shape index (κ3) is 2.73. The molecule has 1 fully saturated rings. The number of amides is 1. The fourth-order valence-corrected chi connectivity index (χ4v) is 1.66. The number of nitrogens with one attached hydrogen (secondary N) is 2. The molecular formula is C10H14N4O. The Labute approximate surface area is 88.3 Å². The molecule has 0 bridgehead atoms. The average Bonchev–Trinajstić information content (AvgIpc) is 2.31. The van der Waals surface area contributed by atoms with Crippen LogP contribution in [0.25, 0.3) is 0 Å². The summed E-state index contributed by atoms with van der Waals surface area (Å²) in [5.41, 5.74) is 0. The molecule has 1 aromatic heterocycles. The number of rotatable bonds is 2. The van der Waals surface area contributed by atoms with Crippen LogP contribution in [0.5, 0.6) is 0 Å². The highest BCUT2D eigenvalue weighted by molar-refractivity contribution is 5.93. The fraction of sp³-hybridized carbons (Fsp3) is 0.500. The van der Waals surface area contributed by atoms with Gasteiger partial charge in [-0.15, -0.1) is 5.10 Å². The van der Waals surface area contributed by atoms with Gasteiger partial charge >= 0.3 is 0 Å². The van der Waals surface area contributed by atoms with Crippen molar-refractivity contribution in [3.05, 3.63) is 18.3 Å². The number of carbonyl (C=O) groups is 1. The Balaban J connectivity index is 1.91. The van der Waals surface area contributed by atoms with Gasteiger partial charge in [-0.05, 0) is 31.5 Å². The second-order valence-electron chi connectivity index (χ2n) is 3.60. The van der Waals surface area contributed by atoms with Gasteiger partial charge in [0.2, 0.25) is 5.91 Å². The van der Waals surface area contributed by atoms with Gasteiger partial charge in [-0.2, -0.15) is 5.10 Å². The van der Waals surface area contributed by atoms with Gasteiger partial charge in [0.25, 0.3) is 0 Å². The predicted molar refractivity (Wildman–Crippen MR) is 56.3 cm³/mol. The predicted octanol–water partition coefficient (Wildman–Crippen LogP) is 0.557. The molecule has 2 rings (SSSR count). The maximum absolute atomic E-state index is 11.7. The Kier molecular flexibility index (Phi) is 3.24. The van der Waals surface area contributed by atoms with E-state index in [0.29, 0.717) is 5.82 Å². The van der Waals surface area contributed by atoms with Crippen LogP contribution in [0.2, 0.25) is 0 Å². The quantitative estimate of drug-likeness (QED) is 0.742. The lowest BCUT2D eigenvalue weighted by atomic mass is 10.0. The number of anilines is 1. The highest BCUT2D eigenvalue weighted by Gasteiger charge is 2.20. The summed E-state index contributed by atoms with van der Waals surface area (Å²) in [5, 5.41) is 13.4. The van der Waals surface area contributed by atoms with Crippen LogP contribution in [0.1, 0.15) is 19.3 Å². The number of hydrogen-bond acceptors (Lipinski definition) is 4. The third-order valence-electron chi connectivity index (χ3n) is 2.45. The van der Waals surface area contributed by atoms with E-state index < -0.39 is 0 Å². The summed E-state index contributed by atoms with van der Waals surface area (Å²) in [6.45, 7) is 0.915. The topological polar surface area (TPSA) is 66.9 Å². The van der Waals surface area contributed by atoms with E-state index in [1.54, 1.807) is 18.3 Å². The summed E-state index contributed by atoms with van der Waals surface area (Å²) in [6.07, 6.45) is 4.72. The van der Waals surface area contributed by atoms with Gasteiger partial charge in [0.05, 0.1) is 6.04 Å². The molecule has 0 aliphatic carbocycles. The Bertz CT molecular complexity index is 321. The maximum Gasteiger partial charge on any atom is 0.242 e. The highest BCUT2D eigenvalue weighted by atomic mass is 16.2. The van der Waals surface area contributed by atoms with Gasteiger partial charge in [0.1, 0.15) is 0 Å². The fourth-order valence-electron chi connectivity index (χ4n) is 1.66. The molecule has 1 atom stereocenters. The van der Waals surface area contributed by atoms with Gasteiger partial charge in [0.15, 0.2) is 5.82 Å². The van der Waals surface area contributed by atoms with Crippen LogP contribution in [0.4, 0.5) is 5.82 Å². The molecule has 2 heterocycles. The largest absolute Gasteiger partial charge is 0.308 e. The normalized spacial score (nSPS) is 20.9. The van der Waals surface area contributed by atoms with Crippen molar-refractivity contribution in [2.75, 3.05) is 11.9 Å². The molecule has 0 aromatic carbocycles. The smallest absolute Gasteiger partial charge is 0.242 e. The zero-order valence-electron chi connectivity index (χ0n) is 8.44. The zero-order valence-corrected chi connectivity index (χ0v) is 8.44. The Hall–Kier alpha value is -1.49. The lowest BCUT2D eigenvalue weighted by molar-refractivity contribution is -0.118. The van der Waals surface area contributed by atoms with Crippen LogP contribution in [0.3, 0.4) is 0 Å². The van der Waals surface area contributed by atoms with Crippen molar-refractivity contribution in [2.45, 2.75) is 25.3 Å². The number of carbonyl (C=O) groups excluding carboxylic acids is 1. The first-order valence-corrected chi connectivity index (χ1v) is 5.18.